The average Bonchev–Trinajstić information content (AvgIpc) is 2.58. The zero-order valence-electron chi connectivity index (χ0n) is 19.9. The van der Waals surface area contributed by atoms with E-state index < -0.39 is 10.1 Å². The van der Waals surface area contributed by atoms with Crippen LogP contribution in [0.1, 0.15) is 79.7 Å². The van der Waals surface area contributed by atoms with Gasteiger partial charge in [0.15, 0.2) is 0 Å². The summed E-state index contributed by atoms with van der Waals surface area (Å²) in [6.07, 6.45) is 4.17. The van der Waals surface area contributed by atoms with Crippen molar-refractivity contribution < 1.29 is 17.5 Å². The molecule has 0 aliphatic carbocycles. The second-order valence-electron chi connectivity index (χ2n) is 10.6. The highest BCUT2D eigenvalue weighted by molar-refractivity contribution is 7.86. The third-order valence-electron chi connectivity index (χ3n) is 5.77. The largest absolute Gasteiger partial charge is 0.312 e. The van der Waals surface area contributed by atoms with Gasteiger partial charge in [-0.05, 0) is 92.2 Å². The van der Waals surface area contributed by atoms with Gasteiger partial charge in [0.2, 0.25) is 0 Å². The van der Waals surface area contributed by atoms with Crippen LogP contribution in [0.15, 0.2) is 29.2 Å². The molecule has 1 atom stereocenters. The Morgan fingerprint density at radius 2 is 1.63 bits per heavy atom. The monoisotopic (exact) mass is 440 g/mol. The molecule has 1 aromatic rings. The zero-order valence-corrected chi connectivity index (χ0v) is 20.7. The Hall–Kier alpha value is -0.990. The van der Waals surface area contributed by atoms with E-state index in [1.165, 1.54) is 6.42 Å². The van der Waals surface area contributed by atoms with Crippen molar-refractivity contribution >= 4 is 10.1 Å². The minimum atomic E-state index is -3.82. The maximum Gasteiger partial charge on any atom is 0.312 e. The predicted molar refractivity (Wildman–Crippen MR) is 120 cm³/mol. The van der Waals surface area contributed by atoms with Crippen LogP contribution in [-0.2, 0) is 19.2 Å². The van der Waals surface area contributed by atoms with Crippen molar-refractivity contribution in [2.24, 2.45) is 5.92 Å². The normalized spacial score (nSPS) is 20.8. The summed E-state index contributed by atoms with van der Waals surface area (Å²) >= 11 is 0. The van der Waals surface area contributed by atoms with Crippen molar-refractivity contribution in [3.05, 3.63) is 29.8 Å². The summed E-state index contributed by atoms with van der Waals surface area (Å²) < 4.78 is 29.6. The minimum absolute atomic E-state index is 0.0221. The molecule has 6 nitrogen and oxygen atoms in total. The van der Waals surface area contributed by atoms with E-state index in [0.29, 0.717) is 6.54 Å². The summed E-state index contributed by atoms with van der Waals surface area (Å²) in [5.41, 5.74) is 3.21. The number of rotatable bonds is 9. The molecule has 0 amide bonds. The average molecular weight is 441 g/mol. The van der Waals surface area contributed by atoms with Crippen LogP contribution in [0.2, 0.25) is 0 Å². The van der Waals surface area contributed by atoms with Gasteiger partial charge in [-0.2, -0.15) is 23.2 Å². The maximum absolute atomic E-state index is 12.3. The van der Waals surface area contributed by atoms with Crippen molar-refractivity contribution in [3.63, 3.8) is 0 Å². The van der Waals surface area contributed by atoms with E-state index in [1.807, 2.05) is 6.92 Å². The molecular weight excluding hydrogens is 400 g/mol. The summed E-state index contributed by atoms with van der Waals surface area (Å²) in [6, 6.07) is 6.61. The van der Waals surface area contributed by atoms with Crippen LogP contribution < -0.4 is 5.48 Å². The van der Waals surface area contributed by atoms with Crippen molar-refractivity contribution in [2.45, 2.75) is 103 Å². The van der Waals surface area contributed by atoms with Gasteiger partial charge >= 0.3 is 10.1 Å². The molecule has 1 aromatic carbocycles. The molecule has 1 heterocycles. The zero-order chi connectivity index (χ0) is 22.8. The molecule has 2 rings (SSSR count). The molecule has 1 N–H and O–H groups in total. The fraction of sp³-hybridized carbons (Fsp3) is 0.739. The van der Waals surface area contributed by atoms with Crippen LogP contribution >= 0.6 is 0 Å². The molecule has 0 radical (unpaired) electrons. The number of aryl methyl sites for hydroxylation is 1. The Morgan fingerprint density at radius 3 is 2.17 bits per heavy atom. The van der Waals surface area contributed by atoms with Crippen LogP contribution in [0.3, 0.4) is 0 Å². The van der Waals surface area contributed by atoms with E-state index >= 15 is 0 Å². The quantitative estimate of drug-likeness (QED) is 0.546. The third-order valence-corrected chi connectivity index (χ3v) is 6.95. The Balaban J connectivity index is 1.90. The van der Waals surface area contributed by atoms with E-state index in [0.717, 1.165) is 24.8 Å². The molecule has 0 spiro atoms. The smallest absolute Gasteiger partial charge is 0.292 e. The Morgan fingerprint density at radius 1 is 1.10 bits per heavy atom. The van der Waals surface area contributed by atoms with Gasteiger partial charge in [-0.25, -0.2) is 0 Å². The summed E-state index contributed by atoms with van der Waals surface area (Å²) in [5, 5.41) is 2.18. The maximum atomic E-state index is 12.3. The predicted octanol–water partition coefficient (Wildman–Crippen LogP) is 4.98. The van der Waals surface area contributed by atoms with Gasteiger partial charge in [0.25, 0.3) is 0 Å². The fourth-order valence-corrected chi connectivity index (χ4v) is 5.21. The molecule has 1 aliphatic rings. The van der Waals surface area contributed by atoms with Gasteiger partial charge in [-0.15, -0.1) is 0 Å². The Labute approximate surface area is 183 Å². The molecule has 0 aromatic heterocycles. The summed E-state index contributed by atoms with van der Waals surface area (Å²) in [7, 11) is -3.82. The highest BCUT2D eigenvalue weighted by atomic mass is 32.2. The van der Waals surface area contributed by atoms with Crippen molar-refractivity contribution in [3.8, 4) is 0 Å². The van der Waals surface area contributed by atoms with Crippen molar-refractivity contribution in [1.82, 2.24) is 10.5 Å². The number of hydrogen-bond donors (Lipinski definition) is 1. The van der Waals surface area contributed by atoms with Crippen LogP contribution in [0, 0.1) is 12.8 Å². The first-order valence-electron chi connectivity index (χ1n) is 10.9. The van der Waals surface area contributed by atoms with Crippen molar-refractivity contribution in [1.29, 1.82) is 0 Å². The van der Waals surface area contributed by atoms with Crippen molar-refractivity contribution in [2.75, 3.05) is 6.54 Å². The molecule has 1 aliphatic heterocycles. The first-order valence-corrected chi connectivity index (χ1v) is 12.3. The lowest BCUT2D eigenvalue weighted by molar-refractivity contribution is -0.331. The lowest BCUT2D eigenvalue weighted by Crippen LogP contribution is -2.60. The molecule has 30 heavy (non-hydrogen) atoms. The van der Waals surface area contributed by atoms with Gasteiger partial charge in [0.1, 0.15) is 0 Å². The summed E-state index contributed by atoms with van der Waals surface area (Å²) in [4.78, 5) is 6.70. The van der Waals surface area contributed by atoms with Crippen LogP contribution in [0.4, 0.5) is 0 Å². The number of hydrogen-bond acceptors (Lipinski definition) is 6. The summed E-state index contributed by atoms with van der Waals surface area (Å²) in [5.74, 6) is 0.157. The van der Waals surface area contributed by atoms with Gasteiger partial charge < -0.3 is 0 Å². The molecule has 7 heteroatoms. The lowest BCUT2D eigenvalue weighted by Gasteiger charge is -2.54. The first-order chi connectivity index (χ1) is 13.6. The highest BCUT2D eigenvalue weighted by Gasteiger charge is 2.45. The Kier molecular flexibility index (Phi) is 7.79. The molecule has 1 unspecified atom stereocenters. The fourth-order valence-electron chi connectivity index (χ4n) is 4.43. The van der Waals surface area contributed by atoms with Gasteiger partial charge in [-0.1, -0.05) is 24.6 Å². The second-order valence-corrected chi connectivity index (χ2v) is 12.2. The van der Waals surface area contributed by atoms with E-state index in [9.17, 15) is 8.42 Å². The van der Waals surface area contributed by atoms with E-state index in [4.69, 9.17) is 9.12 Å². The van der Waals surface area contributed by atoms with E-state index in [1.54, 1.807) is 24.3 Å². The van der Waals surface area contributed by atoms with Crippen LogP contribution in [-0.4, -0.2) is 36.7 Å². The third kappa shape index (κ3) is 6.76. The molecule has 0 saturated carbocycles. The molecule has 172 valence electrons. The minimum Gasteiger partial charge on any atom is -0.292 e. The number of piperidine rings is 1. The number of hydroxylamine groups is 3. The highest BCUT2D eigenvalue weighted by Crippen LogP contribution is 2.40. The lowest BCUT2D eigenvalue weighted by atomic mass is 9.82. The summed E-state index contributed by atoms with van der Waals surface area (Å²) in [6.45, 7) is 17.5. The molecule has 1 fully saturated rings. The topological polar surface area (TPSA) is 67.9 Å². The van der Waals surface area contributed by atoms with Gasteiger partial charge in [0, 0.05) is 17.6 Å². The molecule has 0 bridgehead atoms. The standard InChI is InChI=1S/C23H40N2O4S/c1-18-10-12-20(13-11-18)30(26,27)29-24-17-19(2)16-23(7,8)28-25-21(3,4)14-9-15-22(25,5)6/h10-13,19,24H,9,14-17H2,1-8H3. The Bertz CT molecular complexity index is 785. The number of nitrogens with zero attached hydrogens (tertiary/aromatic N) is 1. The molecular formula is C23H40N2O4S. The van der Waals surface area contributed by atoms with Gasteiger partial charge in [-0.3, -0.25) is 4.84 Å². The van der Waals surface area contributed by atoms with Gasteiger partial charge in [0.05, 0.1) is 10.5 Å². The first kappa shape index (κ1) is 25.3. The van der Waals surface area contributed by atoms with Crippen LogP contribution in [0.25, 0.3) is 0 Å². The SMILES string of the molecule is Cc1ccc(S(=O)(=O)ONCC(C)CC(C)(C)ON2C(C)(C)CCCC2(C)C)cc1. The molecule has 1 saturated heterocycles. The van der Waals surface area contributed by atoms with E-state index in [-0.39, 0.29) is 27.5 Å². The second kappa shape index (κ2) is 9.25. The number of benzene rings is 1. The number of nitrogens with one attached hydrogen (secondary N) is 1. The van der Waals surface area contributed by atoms with E-state index in [2.05, 4.69) is 59.0 Å². The van der Waals surface area contributed by atoms with Crippen LogP contribution in [0.5, 0.6) is 0 Å².